The molecule has 1 aromatic carbocycles. The number of carbonyl (C=O) groups is 1. The zero-order valence-corrected chi connectivity index (χ0v) is 11.6. The predicted octanol–water partition coefficient (Wildman–Crippen LogP) is 0.176. The summed E-state index contributed by atoms with van der Waals surface area (Å²) in [4.78, 5) is 11.9. The molecule has 3 N–H and O–H groups in total. The predicted molar refractivity (Wildman–Crippen MR) is 74.1 cm³/mol. The van der Waals surface area contributed by atoms with Gasteiger partial charge in [0.25, 0.3) is 0 Å². The van der Waals surface area contributed by atoms with Crippen molar-refractivity contribution < 1.29 is 19.4 Å². The summed E-state index contributed by atoms with van der Waals surface area (Å²) < 4.78 is 10.5. The van der Waals surface area contributed by atoms with Crippen molar-refractivity contribution in [2.75, 3.05) is 13.3 Å². The molecule has 0 aromatic heterocycles. The van der Waals surface area contributed by atoms with E-state index in [1.165, 1.54) is 0 Å². The molecule has 0 aliphatic carbocycles. The van der Waals surface area contributed by atoms with Gasteiger partial charge in [-0.25, -0.2) is 0 Å². The van der Waals surface area contributed by atoms with Crippen LogP contribution in [0.15, 0.2) is 18.2 Å². The van der Waals surface area contributed by atoms with Crippen LogP contribution in [0.2, 0.25) is 0 Å². The quantitative estimate of drug-likeness (QED) is 0.742. The SMILES string of the molecule is Cl.O=C(NCc1ccc2c(c1)OCO2)C1CC(O)CN1. The van der Waals surface area contributed by atoms with Gasteiger partial charge in [0, 0.05) is 13.1 Å². The fourth-order valence-corrected chi connectivity index (χ4v) is 2.28. The second-order valence-corrected chi connectivity index (χ2v) is 4.76. The van der Waals surface area contributed by atoms with Crippen LogP contribution < -0.4 is 20.1 Å². The van der Waals surface area contributed by atoms with E-state index in [0.717, 1.165) is 11.3 Å². The number of ether oxygens (including phenoxy) is 2. The Morgan fingerprint density at radius 2 is 2.20 bits per heavy atom. The molecule has 1 saturated heterocycles. The molecule has 0 bridgehead atoms. The summed E-state index contributed by atoms with van der Waals surface area (Å²) >= 11 is 0. The number of hydrogen-bond acceptors (Lipinski definition) is 5. The van der Waals surface area contributed by atoms with Crippen LogP contribution in [-0.2, 0) is 11.3 Å². The van der Waals surface area contributed by atoms with Crippen LogP contribution in [0.3, 0.4) is 0 Å². The van der Waals surface area contributed by atoms with E-state index in [1.807, 2.05) is 18.2 Å². The van der Waals surface area contributed by atoms with Crippen molar-refractivity contribution in [3.63, 3.8) is 0 Å². The zero-order valence-electron chi connectivity index (χ0n) is 10.8. The minimum absolute atomic E-state index is 0. The van der Waals surface area contributed by atoms with Crippen molar-refractivity contribution in [2.45, 2.75) is 25.1 Å². The number of benzene rings is 1. The van der Waals surface area contributed by atoms with E-state index in [9.17, 15) is 9.90 Å². The minimum Gasteiger partial charge on any atom is -0.454 e. The summed E-state index contributed by atoms with van der Waals surface area (Å²) in [7, 11) is 0. The van der Waals surface area contributed by atoms with Crippen LogP contribution >= 0.6 is 12.4 Å². The van der Waals surface area contributed by atoms with Gasteiger partial charge in [-0.15, -0.1) is 12.4 Å². The van der Waals surface area contributed by atoms with Gasteiger partial charge < -0.3 is 25.2 Å². The van der Waals surface area contributed by atoms with Gasteiger partial charge in [-0.3, -0.25) is 4.79 Å². The van der Waals surface area contributed by atoms with Gasteiger partial charge in [-0.05, 0) is 24.1 Å². The smallest absolute Gasteiger partial charge is 0.237 e. The normalized spacial score (nSPS) is 23.2. The lowest BCUT2D eigenvalue weighted by atomic mass is 10.1. The van der Waals surface area contributed by atoms with Crippen molar-refractivity contribution >= 4 is 18.3 Å². The number of halogens is 1. The fraction of sp³-hybridized carbons (Fsp3) is 0.462. The average Bonchev–Trinajstić information content (AvgIpc) is 3.03. The third-order valence-electron chi connectivity index (χ3n) is 3.33. The van der Waals surface area contributed by atoms with E-state index in [0.29, 0.717) is 25.3 Å². The van der Waals surface area contributed by atoms with E-state index in [1.54, 1.807) is 0 Å². The molecule has 1 amide bonds. The molecule has 2 aliphatic rings. The molecule has 20 heavy (non-hydrogen) atoms. The molecule has 2 heterocycles. The Kier molecular flexibility index (Phi) is 4.69. The average molecular weight is 301 g/mol. The molecule has 110 valence electrons. The number of β-amino-alcohol motifs (C(OH)–C–C–N with tert-alkyl or cyclic N) is 1. The third-order valence-corrected chi connectivity index (χ3v) is 3.33. The van der Waals surface area contributed by atoms with E-state index < -0.39 is 6.10 Å². The lowest BCUT2D eigenvalue weighted by Crippen LogP contribution is -2.39. The Labute approximate surface area is 122 Å². The summed E-state index contributed by atoms with van der Waals surface area (Å²) in [6.07, 6.45) is 0.0359. The number of fused-ring (bicyclic) bond motifs is 1. The highest BCUT2D eigenvalue weighted by Crippen LogP contribution is 2.32. The van der Waals surface area contributed by atoms with Crippen LogP contribution in [-0.4, -0.2) is 36.5 Å². The van der Waals surface area contributed by atoms with Crippen molar-refractivity contribution in [1.29, 1.82) is 0 Å². The number of carbonyl (C=O) groups excluding carboxylic acids is 1. The molecule has 1 fully saturated rings. The first-order chi connectivity index (χ1) is 9.22. The van der Waals surface area contributed by atoms with Crippen LogP contribution in [0.25, 0.3) is 0 Å². The van der Waals surface area contributed by atoms with E-state index >= 15 is 0 Å². The molecule has 2 aliphatic heterocycles. The molecule has 1 aromatic rings. The minimum atomic E-state index is -0.429. The molecule has 0 radical (unpaired) electrons. The highest BCUT2D eigenvalue weighted by atomic mass is 35.5. The Morgan fingerprint density at radius 1 is 1.40 bits per heavy atom. The Bertz CT molecular complexity index is 497. The molecule has 3 rings (SSSR count). The highest BCUT2D eigenvalue weighted by molar-refractivity contribution is 5.85. The lowest BCUT2D eigenvalue weighted by molar-refractivity contribution is -0.123. The molecular weight excluding hydrogens is 284 g/mol. The largest absolute Gasteiger partial charge is 0.454 e. The van der Waals surface area contributed by atoms with E-state index in [2.05, 4.69) is 10.6 Å². The maximum Gasteiger partial charge on any atom is 0.237 e. The monoisotopic (exact) mass is 300 g/mol. The number of rotatable bonds is 3. The van der Waals surface area contributed by atoms with E-state index in [-0.39, 0.29) is 31.1 Å². The Morgan fingerprint density at radius 3 is 2.95 bits per heavy atom. The van der Waals surface area contributed by atoms with Gasteiger partial charge >= 0.3 is 0 Å². The fourth-order valence-electron chi connectivity index (χ4n) is 2.28. The van der Waals surface area contributed by atoms with Crippen molar-refractivity contribution in [1.82, 2.24) is 10.6 Å². The molecule has 6 nitrogen and oxygen atoms in total. The lowest BCUT2D eigenvalue weighted by Gasteiger charge is -2.11. The summed E-state index contributed by atoms with van der Waals surface area (Å²) in [5.74, 6) is 1.35. The van der Waals surface area contributed by atoms with Crippen LogP contribution in [0.1, 0.15) is 12.0 Å². The summed E-state index contributed by atoms with van der Waals surface area (Å²) in [6.45, 7) is 1.15. The first-order valence-corrected chi connectivity index (χ1v) is 6.30. The van der Waals surface area contributed by atoms with Crippen molar-refractivity contribution in [3.05, 3.63) is 23.8 Å². The number of hydrogen-bond donors (Lipinski definition) is 3. The maximum absolute atomic E-state index is 11.9. The van der Waals surface area contributed by atoms with Gasteiger partial charge in [-0.2, -0.15) is 0 Å². The van der Waals surface area contributed by atoms with Gasteiger partial charge in [0.05, 0.1) is 12.1 Å². The van der Waals surface area contributed by atoms with Gasteiger partial charge in [0.2, 0.25) is 12.7 Å². The molecule has 0 saturated carbocycles. The van der Waals surface area contributed by atoms with Gasteiger partial charge in [0.15, 0.2) is 11.5 Å². The summed E-state index contributed by atoms with van der Waals surface area (Å²) in [5.41, 5.74) is 0.955. The molecule has 0 spiro atoms. The molecule has 2 unspecified atom stereocenters. The molecule has 2 atom stereocenters. The van der Waals surface area contributed by atoms with E-state index in [4.69, 9.17) is 9.47 Å². The number of aliphatic hydroxyl groups is 1. The van der Waals surface area contributed by atoms with Crippen LogP contribution in [0.4, 0.5) is 0 Å². The van der Waals surface area contributed by atoms with Gasteiger partial charge in [0.1, 0.15) is 0 Å². The molecular formula is C13H17ClN2O4. The topological polar surface area (TPSA) is 79.8 Å². The standard InChI is InChI=1S/C13H16N2O4.ClH/c16-9-4-10(14-6-9)13(17)15-5-8-1-2-11-12(3-8)19-7-18-11;/h1-3,9-10,14,16H,4-7H2,(H,15,17);1H. The summed E-state index contributed by atoms with van der Waals surface area (Å²) in [5, 5.41) is 15.2. The molecule has 7 heteroatoms. The van der Waals surface area contributed by atoms with Crippen molar-refractivity contribution in [2.24, 2.45) is 0 Å². The first-order valence-electron chi connectivity index (χ1n) is 6.30. The number of nitrogens with one attached hydrogen (secondary N) is 2. The van der Waals surface area contributed by atoms with Crippen LogP contribution in [0.5, 0.6) is 11.5 Å². The second kappa shape index (κ2) is 6.30. The first kappa shape index (κ1) is 14.9. The Balaban J connectivity index is 0.00000147. The maximum atomic E-state index is 11.9. The Hall–Kier alpha value is -1.50. The number of aliphatic hydroxyl groups excluding tert-OH is 1. The van der Waals surface area contributed by atoms with Crippen molar-refractivity contribution in [3.8, 4) is 11.5 Å². The highest BCUT2D eigenvalue weighted by Gasteiger charge is 2.27. The summed E-state index contributed by atoms with van der Waals surface area (Å²) in [6, 6.07) is 5.29. The van der Waals surface area contributed by atoms with Crippen LogP contribution in [0, 0.1) is 0 Å². The second-order valence-electron chi connectivity index (χ2n) is 4.76. The van der Waals surface area contributed by atoms with Gasteiger partial charge in [-0.1, -0.05) is 6.07 Å². The third kappa shape index (κ3) is 3.15. The zero-order chi connectivity index (χ0) is 13.2. The number of amides is 1.